The molecule has 0 aliphatic carbocycles. The number of amides is 1. The van der Waals surface area contributed by atoms with E-state index >= 15 is 0 Å². The molecule has 5 heteroatoms. The van der Waals surface area contributed by atoms with Gasteiger partial charge in [-0.2, -0.15) is 0 Å². The quantitative estimate of drug-likeness (QED) is 0.501. The van der Waals surface area contributed by atoms with Crippen LogP contribution >= 0.6 is 0 Å². The fourth-order valence-electron chi connectivity index (χ4n) is 3.25. The second kappa shape index (κ2) is 11.7. The predicted molar refractivity (Wildman–Crippen MR) is 110 cm³/mol. The average Bonchev–Trinajstić information content (AvgIpc) is 2.68. The second-order valence-electron chi connectivity index (χ2n) is 7.20. The molecule has 0 saturated carbocycles. The summed E-state index contributed by atoms with van der Waals surface area (Å²) in [6, 6.07) is 5.64. The van der Waals surface area contributed by atoms with Crippen molar-refractivity contribution < 1.29 is 14.3 Å². The molecule has 0 spiro atoms. The third kappa shape index (κ3) is 7.63. The molecule has 1 aliphatic rings. The Bertz CT molecular complexity index is 608. The highest BCUT2D eigenvalue weighted by Gasteiger charge is 2.14. The highest BCUT2D eigenvalue weighted by molar-refractivity contribution is 5.91. The van der Waals surface area contributed by atoms with Gasteiger partial charge in [0.15, 0.2) is 11.5 Å². The number of nitrogens with zero attached hydrogens (tertiary/aromatic N) is 1. The molecule has 0 bridgehead atoms. The van der Waals surface area contributed by atoms with Crippen LogP contribution < -0.4 is 14.8 Å². The molecule has 1 N–H and O–H groups in total. The number of carbonyl (C=O) groups is 1. The number of piperidine rings is 1. The molecule has 27 heavy (non-hydrogen) atoms. The molecular formula is C22H34N2O3. The lowest BCUT2D eigenvalue weighted by Gasteiger charge is -2.30. The molecule has 2 rings (SSSR count). The SMILES string of the molecule is CCOc1cc(/C=C/C(=O)NCCCCN2CCC(C)CC2)ccc1OC. The third-order valence-corrected chi connectivity index (χ3v) is 4.99. The number of methoxy groups -OCH3 is 1. The maximum atomic E-state index is 12.0. The average molecular weight is 375 g/mol. The lowest BCUT2D eigenvalue weighted by molar-refractivity contribution is -0.116. The van der Waals surface area contributed by atoms with E-state index in [1.807, 2.05) is 25.1 Å². The number of ether oxygens (including phenoxy) is 2. The summed E-state index contributed by atoms with van der Waals surface area (Å²) in [4.78, 5) is 14.5. The summed E-state index contributed by atoms with van der Waals surface area (Å²) in [5, 5.41) is 2.96. The number of unbranched alkanes of at least 4 members (excludes halogenated alkanes) is 1. The van der Waals surface area contributed by atoms with Crippen LogP contribution in [-0.2, 0) is 4.79 Å². The van der Waals surface area contributed by atoms with Crippen molar-refractivity contribution >= 4 is 12.0 Å². The normalized spacial score (nSPS) is 15.8. The van der Waals surface area contributed by atoms with E-state index in [0.29, 0.717) is 18.1 Å². The Hall–Kier alpha value is -2.01. The van der Waals surface area contributed by atoms with E-state index < -0.39 is 0 Å². The highest BCUT2D eigenvalue weighted by Crippen LogP contribution is 2.28. The zero-order valence-electron chi connectivity index (χ0n) is 17.0. The zero-order chi connectivity index (χ0) is 19.5. The summed E-state index contributed by atoms with van der Waals surface area (Å²) in [5.41, 5.74) is 0.911. The topological polar surface area (TPSA) is 50.8 Å². The van der Waals surface area contributed by atoms with Crippen molar-refractivity contribution in [3.8, 4) is 11.5 Å². The van der Waals surface area contributed by atoms with Gasteiger partial charge in [-0.25, -0.2) is 0 Å². The molecule has 0 atom stereocenters. The number of likely N-dealkylation sites (tertiary alicyclic amines) is 1. The van der Waals surface area contributed by atoms with Gasteiger partial charge in [-0.3, -0.25) is 4.79 Å². The number of rotatable bonds is 10. The van der Waals surface area contributed by atoms with Gasteiger partial charge in [0.25, 0.3) is 0 Å². The first-order chi connectivity index (χ1) is 13.1. The van der Waals surface area contributed by atoms with Crippen molar-refractivity contribution in [3.05, 3.63) is 29.8 Å². The van der Waals surface area contributed by atoms with Gasteiger partial charge in [-0.15, -0.1) is 0 Å². The lowest BCUT2D eigenvalue weighted by Crippen LogP contribution is -2.34. The Morgan fingerprint density at radius 2 is 2.04 bits per heavy atom. The van der Waals surface area contributed by atoms with Gasteiger partial charge in [0.1, 0.15) is 0 Å². The monoisotopic (exact) mass is 374 g/mol. The summed E-state index contributed by atoms with van der Waals surface area (Å²) < 4.78 is 10.8. The van der Waals surface area contributed by atoms with Gasteiger partial charge in [-0.05, 0) is 81.9 Å². The van der Waals surface area contributed by atoms with E-state index in [-0.39, 0.29) is 5.91 Å². The van der Waals surface area contributed by atoms with Crippen molar-refractivity contribution in [3.63, 3.8) is 0 Å². The maximum Gasteiger partial charge on any atom is 0.243 e. The first-order valence-electron chi connectivity index (χ1n) is 10.1. The molecule has 1 aliphatic heterocycles. The van der Waals surface area contributed by atoms with Crippen molar-refractivity contribution in [2.24, 2.45) is 5.92 Å². The molecule has 5 nitrogen and oxygen atoms in total. The second-order valence-corrected chi connectivity index (χ2v) is 7.20. The van der Waals surface area contributed by atoms with Crippen LogP contribution in [0.5, 0.6) is 11.5 Å². The maximum absolute atomic E-state index is 12.0. The molecule has 0 unspecified atom stereocenters. The fraction of sp³-hybridized carbons (Fsp3) is 0.591. The van der Waals surface area contributed by atoms with E-state index in [9.17, 15) is 4.79 Å². The molecule has 0 aromatic heterocycles. The van der Waals surface area contributed by atoms with Crippen LogP contribution in [0, 0.1) is 5.92 Å². The van der Waals surface area contributed by atoms with Crippen molar-refractivity contribution in [1.82, 2.24) is 10.2 Å². The Morgan fingerprint density at radius 1 is 1.26 bits per heavy atom. The molecular weight excluding hydrogens is 340 g/mol. The first-order valence-corrected chi connectivity index (χ1v) is 10.1. The molecule has 1 aromatic carbocycles. The van der Waals surface area contributed by atoms with Gasteiger partial charge >= 0.3 is 0 Å². The molecule has 1 amide bonds. The van der Waals surface area contributed by atoms with E-state index in [0.717, 1.165) is 37.4 Å². The summed E-state index contributed by atoms with van der Waals surface area (Å²) in [6.07, 6.45) is 8.16. The molecule has 1 heterocycles. The Labute approximate surface area is 163 Å². The van der Waals surface area contributed by atoms with Gasteiger partial charge in [-0.1, -0.05) is 13.0 Å². The molecule has 150 valence electrons. The van der Waals surface area contributed by atoms with Gasteiger partial charge in [0.05, 0.1) is 13.7 Å². The van der Waals surface area contributed by atoms with Gasteiger partial charge in [0, 0.05) is 12.6 Å². The lowest BCUT2D eigenvalue weighted by atomic mass is 9.99. The number of nitrogens with one attached hydrogen (secondary N) is 1. The minimum absolute atomic E-state index is 0.0597. The van der Waals surface area contributed by atoms with Crippen LogP contribution in [0.2, 0.25) is 0 Å². The van der Waals surface area contributed by atoms with Gasteiger partial charge < -0.3 is 19.7 Å². The van der Waals surface area contributed by atoms with E-state index in [1.165, 1.54) is 25.9 Å². The van der Waals surface area contributed by atoms with E-state index in [4.69, 9.17) is 9.47 Å². The Morgan fingerprint density at radius 3 is 2.74 bits per heavy atom. The summed E-state index contributed by atoms with van der Waals surface area (Å²) in [5.74, 6) is 2.20. The van der Waals surface area contributed by atoms with Gasteiger partial charge in [0.2, 0.25) is 5.91 Å². The van der Waals surface area contributed by atoms with E-state index in [2.05, 4.69) is 17.1 Å². The Kier molecular flexibility index (Phi) is 9.19. The summed E-state index contributed by atoms with van der Waals surface area (Å²) >= 11 is 0. The predicted octanol–water partition coefficient (Wildman–Crippen LogP) is 3.74. The fourth-order valence-corrected chi connectivity index (χ4v) is 3.25. The number of hydrogen-bond acceptors (Lipinski definition) is 4. The number of carbonyl (C=O) groups excluding carboxylic acids is 1. The molecule has 1 saturated heterocycles. The molecule has 0 radical (unpaired) electrons. The minimum atomic E-state index is -0.0597. The number of hydrogen-bond donors (Lipinski definition) is 1. The summed E-state index contributed by atoms with van der Waals surface area (Å²) in [7, 11) is 1.62. The number of benzene rings is 1. The van der Waals surface area contributed by atoms with E-state index in [1.54, 1.807) is 19.3 Å². The highest BCUT2D eigenvalue weighted by atomic mass is 16.5. The van der Waals surface area contributed by atoms with Crippen molar-refractivity contribution in [1.29, 1.82) is 0 Å². The van der Waals surface area contributed by atoms with Crippen molar-refractivity contribution in [2.75, 3.05) is 39.9 Å². The van der Waals surface area contributed by atoms with Crippen LogP contribution in [0.15, 0.2) is 24.3 Å². The first kappa shape index (κ1) is 21.3. The van der Waals surface area contributed by atoms with Crippen LogP contribution in [0.1, 0.15) is 45.1 Å². The standard InChI is InChI=1S/C22H34N2O3/c1-4-27-21-17-19(7-9-20(21)26-3)8-10-22(25)23-13-5-6-14-24-15-11-18(2)12-16-24/h7-10,17-18H,4-6,11-16H2,1-3H3,(H,23,25)/b10-8+. The van der Waals surface area contributed by atoms with Crippen LogP contribution in [0.4, 0.5) is 0 Å². The Balaban J connectivity index is 1.67. The molecule has 1 fully saturated rings. The third-order valence-electron chi connectivity index (χ3n) is 4.99. The largest absolute Gasteiger partial charge is 0.493 e. The zero-order valence-corrected chi connectivity index (χ0v) is 17.0. The smallest absolute Gasteiger partial charge is 0.243 e. The van der Waals surface area contributed by atoms with Crippen LogP contribution in [-0.4, -0.2) is 50.7 Å². The molecule has 1 aromatic rings. The minimum Gasteiger partial charge on any atom is -0.493 e. The van der Waals surface area contributed by atoms with Crippen molar-refractivity contribution in [2.45, 2.75) is 39.5 Å². The van der Waals surface area contributed by atoms with Crippen LogP contribution in [0.25, 0.3) is 6.08 Å². The van der Waals surface area contributed by atoms with Crippen LogP contribution in [0.3, 0.4) is 0 Å². The summed E-state index contributed by atoms with van der Waals surface area (Å²) in [6.45, 7) is 9.15.